The van der Waals surface area contributed by atoms with Crippen LogP contribution in [0.3, 0.4) is 0 Å². The van der Waals surface area contributed by atoms with Gasteiger partial charge in [-0.05, 0) is 24.4 Å². The Bertz CT molecular complexity index is 687. The van der Waals surface area contributed by atoms with E-state index in [2.05, 4.69) is 19.8 Å². The predicted octanol–water partition coefficient (Wildman–Crippen LogP) is 0.408. The van der Waals surface area contributed by atoms with Crippen LogP contribution in [-0.4, -0.2) is 32.8 Å². The lowest BCUT2D eigenvalue weighted by atomic mass is 10.2. The molecule has 2 rings (SSSR count). The molecule has 0 radical (unpaired) electrons. The Balaban J connectivity index is 2.63. The smallest absolute Gasteiger partial charge is 0.273 e. The molecule has 0 unspecified atom stereocenters. The molecule has 2 heterocycles. The average molecular weight is 302 g/mol. The minimum absolute atomic E-state index is 0.219. The Morgan fingerprint density at radius 1 is 1.32 bits per heavy atom. The van der Waals surface area contributed by atoms with Crippen molar-refractivity contribution in [3.63, 3.8) is 0 Å². The molecule has 8 nitrogen and oxygen atoms in total. The van der Waals surface area contributed by atoms with Crippen LogP contribution in [-0.2, 0) is 16.6 Å². The van der Waals surface area contributed by atoms with Crippen molar-refractivity contribution in [2.75, 3.05) is 0 Å². The third-order valence-corrected chi connectivity index (χ3v) is 4.01. The molecule has 0 aliphatic rings. The Kier molecular flexibility index (Phi) is 3.65. The van der Waals surface area contributed by atoms with Crippen molar-refractivity contribution in [3.8, 4) is 10.7 Å². The van der Waals surface area contributed by atoms with Crippen LogP contribution in [0.15, 0.2) is 5.16 Å². The molecule has 0 aliphatic heterocycles. The van der Waals surface area contributed by atoms with E-state index in [4.69, 9.17) is 5.14 Å². The molecule has 10 heteroatoms. The minimum atomic E-state index is -3.91. The normalized spacial score (nSPS) is 12.3. The fraction of sp³-hybridized carbons (Fsp3) is 0.556. The van der Waals surface area contributed by atoms with Gasteiger partial charge in [-0.3, -0.25) is 4.57 Å². The highest BCUT2D eigenvalue weighted by molar-refractivity contribution is 7.89. The van der Waals surface area contributed by atoms with Gasteiger partial charge in [-0.25, -0.2) is 13.6 Å². The van der Waals surface area contributed by atoms with Crippen molar-refractivity contribution in [2.24, 2.45) is 11.1 Å². The van der Waals surface area contributed by atoms with Gasteiger partial charge in [0.2, 0.25) is 0 Å². The molecule has 0 spiro atoms. The number of rotatable bonds is 4. The summed E-state index contributed by atoms with van der Waals surface area (Å²) in [6, 6.07) is 0. The molecule has 0 aromatic carbocycles. The molecule has 104 valence electrons. The van der Waals surface area contributed by atoms with E-state index in [1.165, 1.54) is 4.57 Å². The fourth-order valence-corrected chi connectivity index (χ4v) is 2.91. The summed E-state index contributed by atoms with van der Waals surface area (Å²) in [5.41, 5.74) is 0.684. The number of hydrogen-bond acceptors (Lipinski definition) is 7. The van der Waals surface area contributed by atoms with Gasteiger partial charge in [0.05, 0.1) is 5.69 Å². The monoisotopic (exact) mass is 302 g/mol. The van der Waals surface area contributed by atoms with Crippen molar-refractivity contribution in [3.05, 3.63) is 5.69 Å². The molecule has 0 saturated heterocycles. The van der Waals surface area contributed by atoms with Gasteiger partial charge in [-0.15, -0.1) is 15.3 Å². The average Bonchev–Trinajstić information content (AvgIpc) is 2.82. The molecule has 0 saturated carbocycles. The van der Waals surface area contributed by atoms with Crippen LogP contribution in [0.2, 0.25) is 0 Å². The van der Waals surface area contributed by atoms with E-state index >= 15 is 0 Å². The second-order valence-electron chi connectivity index (χ2n) is 4.54. The van der Waals surface area contributed by atoms with Crippen molar-refractivity contribution >= 4 is 21.6 Å². The van der Waals surface area contributed by atoms with Crippen LogP contribution in [0.5, 0.6) is 0 Å². The molecule has 0 fully saturated rings. The van der Waals surface area contributed by atoms with Crippen LogP contribution in [0.1, 0.15) is 19.5 Å². The summed E-state index contributed by atoms with van der Waals surface area (Å²) >= 11 is 1.15. The van der Waals surface area contributed by atoms with Gasteiger partial charge in [0, 0.05) is 6.54 Å². The summed E-state index contributed by atoms with van der Waals surface area (Å²) < 4.78 is 28.4. The first-order valence-corrected chi connectivity index (χ1v) is 7.88. The van der Waals surface area contributed by atoms with Gasteiger partial charge in [0.25, 0.3) is 15.2 Å². The fourth-order valence-electron chi connectivity index (χ4n) is 1.63. The number of primary sulfonamides is 1. The molecule has 0 atom stereocenters. The van der Waals surface area contributed by atoms with Crippen LogP contribution < -0.4 is 5.14 Å². The lowest BCUT2D eigenvalue weighted by Gasteiger charge is -2.10. The summed E-state index contributed by atoms with van der Waals surface area (Å²) in [5, 5.41) is 16.4. The Hall–Kier alpha value is -1.39. The summed E-state index contributed by atoms with van der Waals surface area (Å²) in [6.45, 7) is 6.16. The van der Waals surface area contributed by atoms with Crippen LogP contribution in [0.4, 0.5) is 0 Å². The lowest BCUT2D eigenvalue weighted by molar-refractivity contribution is 0.486. The number of aryl methyl sites for hydroxylation is 1. The van der Waals surface area contributed by atoms with E-state index < -0.39 is 10.0 Å². The van der Waals surface area contributed by atoms with E-state index in [9.17, 15) is 8.42 Å². The number of hydrogen-bond donors (Lipinski definition) is 1. The van der Waals surface area contributed by atoms with Crippen LogP contribution in [0, 0.1) is 12.8 Å². The first kappa shape index (κ1) is 14.0. The van der Waals surface area contributed by atoms with Gasteiger partial charge >= 0.3 is 0 Å². The quantitative estimate of drug-likeness (QED) is 0.874. The summed E-state index contributed by atoms with van der Waals surface area (Å²) in [7, 11) is -3.91. The SMILES string of the molecule is Cc1nnsc1-c1nnc(S(N)(=O)=O)n1CC(C)C. The van der Waals surface area contributed by atoms with Gasteiger partial charge < -0.3 is 0 Å². The van der Waals surface area contributed by atoms with Crippen molar-refractivity contribution in [2.45, 2.75) is 32.5 Å². The highest BCUT2D eigenvalue weighted by Crippen LogP contribution is 2.26. The predicted molar refractivity (Wildman–Crippen MR) is 69.9 cm³/mol. The largest absolute Gasteiger partial charge is 0.296 e. The zero-order chi connectivity index (χ0) is 14.2. The molecule has 2 aromatic heterocycles. The topological polar surface area (TPSA) is 117 Å². The second-order valence-corrected chi connectivity index (χ2v) is 6.75. The summed E-state index contributed by atoms with van der Waals surface area (Å²) in [6.07, 6.45) is 0. The minimum Gasteiger partial charge on any atom is -0.296 e. The maximum atomic E-state index is 11.5. The second kappa shape index (κ2) is 4.94. The standard InChI is InChI=1S/C9H14N6O2S2/c1-5(2)4-15-8(7-6(3)11-14-18-7)12-13-9(15)19(10,16)17/h5H,4H2,1-3H3,(H2,10,16,17). The molecular weight excluding hydrogens is 288 g/mol. The third-order valence-electron chi connectivity index (χ3n) is 2.37. The first-order chi connectivity index (χ1) is 8.80. The summed E-state index contributed by atoms with van der Waals surface area (Å²) in [4.78, 5) is 0.697. The zero-order valence-electron chi connectivity index (χ0n) is 10.7. The number of sulfonamides is 1. The van der Waals surface area contributed by atoms with Crippen LogP contribution in [0.25, 0.3) is 10.7 Å². The highest BCUT2D eigenvalue weighted by atomic mass is 32.2. The van der Waals surface area contributed by atoms with Crippen LogP contribution >= 0.6 is 11.5 Å². The van der Waals surface area contributed by atoms with E-state index in [1.54, 1.807) is 6.92 Å². The highest BCUT2D eigenvalue weighted by Gasteiger charge is 2.24. The Morgan fingerprint density at radius 3 is 2.47 bits per heavy atom. The third kappa shape index (κ3) is 2.80. The zero-order valence-corrected chi connectivity index (χ0v) is 12.4. The number of nitrogens with zero attached hydrogens (tertiary/aromatic N) is 5. The number of nitrogens with two attached hydrogens (primary N) is 1. The van der Waals surface area contributed by atoms with Crippen molar-refractivity contribution in [1.82, 2.24) is 24.4 Å². The Labute approximate surface area is 114 Å². The van der Waals surface area contributed by atoms with Crippen molar-refractivity contribution in [1.29, 1.82) is 0 Å². The first-order valence-electron chi connectivity index (χ1n) is 5.56. The van der Waals surface area contributed by atoms with Gasteiger partial charge in [-0.2, -0.15) is 0 Å². The maximum Gasteiger partial charge on any atom is 0.273 e. The molecule has 19 heavy (non-hydrogen) atoms. The molecule has 2 N–H and O–H groups in total. The molecule has 0 amide bonds. The van der Waals surface area contributed by atoms with E-state index in [0.29, 0.717) is 22.9 Å². The molecule has 2 aromatic rings. The van der Waals surface area contributed by atoms with E-state index in [-0.39, 0.29) is 11.1 Å². The maximum absolute atomic E-state index is 11.5. The van der Waals surface area contributed by atoms with E-state index in [0.717, 1.165) is 11.5 Å². The van der Waals surface area contributed by atoms with Gasteiger partial charge in [-0.1, -0.05) is 18.3 Å². The van der Waals surface area contributed by atoms with Gasteiger partial charge in [0.15, 0.2) is 5.82 Å². The Morgan fingerprint density at radius 2 is 2.00 bits per heavy atom. The molecular formula is C9H14N6O2S2. The molecule has 0 aliphatic carbocycles. The number of aromatic nitrogens is 5. The van der Waals surface area contributed by atoms with Gasteiger partial charge in [0.1, 0.15) is 4.88 Å². The lowest BCUT2D eigenvalue weighted by Crippen LogP contribution is -2.20. The van der Waals surface area contributed by atoms with Crippen molar-refractivity contribution < 1.29 is 8.42 Å². The molecule has 0 bridgehead atoms. The van der Waals surface area contributed by atoms with E-state index in [1.807, 2.05) is 13.8 Å². The summed E-state index contributed by atoms with van der Waals surface area (Å²) in [5.74, 6) is 0.654.